The number of nitrogens with two attached hydrogens (primary N) is 1. The quantitative estimate of drug-likeness (QED) is 0.688. The third-order valence-electron chi connectivity index (χ3n) is 3.59. The van der Waals surface area contributed by atoms with E-state index in [1.165, 1.54) is 45.3 Å². The first-order valence-corrected chi connectivity index (χ1v) is 5.91. The second kappa shape index (κ2) is 4.60. The van der Waals surface area contributed by atoms with Crippen LogP contribution in [0.2, 0.25) is 0 Å². The highest BCUT2D eigenvalue weighted by atomic mass is 15.1. The molecule has 1 unspecified atom stereocenters. The van der Waals surface area contributed by atoms with E-state index in [1.807, 2.05) is 0 Å². The summed E-state index contributed by atoms with van der Waals surface area (Å²) in [4.78, 5) is 2.42. The van der Waals surface area contributed by atoms with Gasteiger partial charge in [-0.15, -0.1) is 0 Å². The van der Waals surface area contributed by atoms with Gasteiger partial charge in [0.15, 0.2) is 0 Å². The molecular formula is C11H23N3. The van der Waals surface area contributed by atoms with Crippen LogP contribution in [0.3, 0.4) is 0 Å². The minimum Gasteiger partial charge on any atom is -0.328 e. The third kappa shape index (κ3) is 2.69. The summed E-state index contributed by atoms with van der Waals surface area (Å²) in [5.74, 6) is 0.859. The molecule has 3 N–H and O–H groups in total. The van der Waals surface area contributed by atoms with E-state index in [0.717, 1.165) is 12.0 Å². The predicted molar refractivity (Wildman–Crippen MR) is 59.2 cm³/mol. The van der Waals surface area contributed by atoms with E-state index in [4.69, 9.17) is 5.73 Å². The summed E-state index contributed by atoms with van der Waals surface area (Å²) in [5.41, 5.74) is 5.76. The first-order chi connectivity index (χ1) is 6.74. The largest absolute Gasteiger partial charge is 0.328 e. The molecule has 2 fully saturated rings. The number of likely N-dealkylation sites (N-methyl/N-ethyl adjacent to an activating group) is 1. The molecule has 0 aromatic carbocycles. The standard InChI is InChI=1S/C11H23N3/c1-14-4-2-3-11(8-14)13-7-9-5-10(12)6-9/h9-11,13H,2-8,12H2,1H3. The van der Waals surface area contributed by atoms with Crippen molar-refractivity contribution in [2.24, 2.45) is 11.7 Å². The Labute approximate surface area is 87.0 Å². The zero-order valence-corrected chi connectivity index (χ0v) is 9.21. The monoisotopic (exact) mass is 197 g/mol. The Morgan fingerprint density at radius 2 is 2.21 bits per heavy atom. The third-order valence-corrected chi connectivity index (χ3v) is 3.59. The van der Waals surface area contributed by atoms with Crippen LogP contribution in [-0.2, 0) is 0 Å². The van der Waals surface area contributed by atoms with Crippen LogP contribution in [0, 0.1) is 5.92 Å². The van der Waals surface area contributed by atoms with Crippen LogP contribution in [0.1, 0.15) is 25.7 Å². The van der Waals surface area contributed by atoms with Gasteiger partial charge in [-0.3, -0.25) is 0 Å². The smallest absolute Gasteiger partial charge is 0.0195 e. The Hall–Kier alpha value is -0.120. The van der Waals surface area contributed by atoms with Crippen molar-refractivity contribution >= 4 is 0 Å². The molecular weight excluding hydrogens is 174 g/mol. The Bertz CT molecular complexity index is 177. The molecule has 1 heterocycles. The Morgan fingerprint density at radius 1 is 1.43 bits per heavy atom. The van der Waals surface area contributed by atoms with Crippen LogP contribution >= 0.6 is 0 Å². The molecule has 14 heavy (non-hydrogen) atoms. The molecule has 1 atom stereocenters. The van der Waals surface area contributed by atoms with Gasteiger partial charge in [-0.25, -0.2) is 0 Å². The number of hydrogen-bond donors (Lipinski definition) is 2. The van der Waals surface area contributed by atoms with Crippen LogP contribution in [0.15, 0.2) is 0 Å². The highest BCUT2D eigenvalue weighted by Gasteiger charge is 2.26. The predicted octanol–water partition coefficient (Wildman–Crippen LogP) is 0.408. The zero-order chi connectivity index (χ0) is 9.97. The minimum absolute atomic E-state index is 0.496. The van der Waals surface area contributed by atoms with Gasteiger partial charge in [-0.05, 0) is 51.7 Å². The van der Waals surface area contributed by atoms with E-state index in [2.05, 4.69) is 17.3 Å². The molecule has 0 aromatic heterocycles. The maximum absolute atomic E-state index is 5.76. The van der Waals surface area contributed by atoms with Crippen molar-refractivity contribution in [2.75, 3.05) is 26.7 Å². The average Bonchev–Trinajstić information content (AvgIpc) is 2.11. The second-order valence-electron chi connectivity index (χ2n) is 5.11. The molecule has 0 spiro atoms. The van der Waals surface area contributed by atoms with E-state index in [9.17, 15) is 0 Å². The summed E-state index contributed by atoms with van der Waals surface area (Å²) in [6.45, 7) is 3.68. The number of rotatable bonds is 3. The molecule has 1 saturated carbocycles. The fraction of sp³-hybridized carbons (Fsp3) is 1.00. The van der Waals surface area contributed by atoms with Gasteiger partial charge in [0.2, 0.25) is 0 Å². The van der Waals surface area contributed by atoms with Crippen LogP contribution < -0.4 is 11.1 Å². The van der Waals surface area contributed by atoms with Crippen molar-refractivity contribution in [3.63, 3.8) is 0 Å². The Kier molecular flexibility index (Phi) is 3.42. The minimum atomic E-state index is 0.496. The number of likely N-dealkylation sites (tertiary alicyclic amines) is 1. The first-order valence-electron chi connectivity index (χ1n) is 5.91. The van der Waals surface area contributed by atoms with Gasteiger partial charge in [-0.1, -0.05) is 0 Å². The van der Waals surface area contributed by atoms with Gasteiger partial charge in [0, 0.05) is 18.6 Å². The molecule has 3 heteroatoms. The van der Waals surface area contributed by atoms with Crippen molar-refractivity contribution in [3.05, 3.63) is 0 Å². The lowest BCUT2D eigenvalue weighted by Gasteiger charge is -2.36. The number of hydrogen-bond acceptors (Lipinski definition) is 3. The first kappa shape index (κ1) is 10.4. The van der Waals surface area contributed by atoms with E-state index in [1.54, 1.807) is 0 Å². The number of nitrogens with one attached hydrogen (secondary N) is 1. The Morgan fingerprint density at radius 3 is 2.86 bits per heavy atom. The SMILES string of the molecule is CN1CCCC(NCC2CC(N)C2)C1. The van der Waals surface area contributed by atoms with Gasteiger partial charge in [0.25, 0.3) is 0 Å². The average molecular weight is 197 g/mol. The molecule has 0 radical (unpaired) electrons. The molecule has 2 rings (SSSR count). The zero-order valence-electron chi connectivity index (χ0n) is 9.21. The summed E-state index contributed by atoms with van der Waals surface area (Å²) in [6, 6.07) is 1.22. The van der Waals surface area contributed by atoms with Crippen molar-refractivity contribution in [2.45, 2.75) is 37.8 Å². The lowest BCUT2D eigenvalue weighted by molar-refractivity contribution is 0.198. The number of piperidine rings is 1. The van der Waals surface area contributed by atoms with E-state index in [-0.39, 0.29) is 0 Å². The molecule has 0 bridgehead atoms. The van der Waals surface area contributed by atoms with Crippen LogP contribution in [0.5, 0.6) is 0 Å². The summed E-state index contributed by atoms with van der Waals surface area (Å²) in [7, 11) is 2.22. The van der Waals surface area contributed by atoms with Crippen molar-refractivity contribution in [3.8, 4) is 0 Å². The van der Waals surface area contributed by atoms with Gasteiger partial charge in [-0.2, -0.15) is 0 Å². The van der Waals surface area contributed by atoms with Gasteiger partial charge >= 0.3 is 0 Å². The molecule has 1 aliphatic heterocycles. The highest BCUT2D eigenvalue weighted by molar-refractivity contribution is 4.85. The van der Waals surface area contributed by atoms with Crippen molar-refractivity contribution < 1.29 is 0 Å². The summed E-state index contributed by atoms with van der Waals surface area (Å²) < 4.78 is 0. The van der Waals surface area contributed by atoms with Gasteiger partial charge in [0.1, 0.15) is 0 Å². The maximum Gasteiger partial charge on any atom is 0.0195 e. The lowest BCUT2D eigenvalue weighted by atomic mass is 9.81. The molecule has 1 aliphatic carbocycles. The van der Waals surface area contributed by atoms with Crippen LogP contribution in [0.25, 0.3) is 0 Å². The van der Waals surface area contributed by atoms with Crippen LogP contribution in [0.4, 0.5) is 0 Å². The van der Waals surface area contributed by atoms with E-state index >= 15 is 0 Å². The Balaban J connectivity index is 1.60. The van der Waals surface area contributed by atoms with Crippen molar-refractivity contribution in [1.29, 1.82) is 0 Å². The normalized spacial score (nSPS) is 39.4. The summed E-state index contributed by atoms with van der Waals surface area (Å²) in [5, 5.41) is 3.68. The molecule has 82 valence electrons. The fourth-order valence-electron chi connectivity index (χ4n) is 2.62. The molecule has 0 amide bonds. The topological polar surface area (TPSA) is 41.3 Å². The van der Waals surface area contributed by atoms with Crippen molar-refractivity contribution in [1.82, 2.24) is 10.2 Å². The second-order valence-corrected chi connectivity index (χ2v) is 5.11. The summed E-state index contributed by atoms with van der Waals surface area (Å²) in [6.07, 6.45) is 5.16. The lowest BCUT2D eigenvalue weighted by Crippen LogP contribution is -2.48. The van der Waals surface area contributed by atoms with E-state index < -0.39 is 0 Å². The molecule has 2 aliphatic rings. The van der Waals surface area contributed by atoms with Gasteiger partial charge < -0.3 is 16.0 Å². The molecule has 0 aromatic rings. The van der Waals surface area contributed by atoms with Crippen LogP contribution in [-0.4, -0.2) is 43.7 Å². The van der Waals surface area contributed by atoms with Gasteiger partial charge in [0.05, 0.1) is 0 Å². The summed E-state index contributed by atoms with van der Waals surface area (Å²) >= 11 is 0. The molecule has 3 nitrogen and oxygen atoms in total. The maximum atomic E-state index is 5.76. The fourth-order valence-corrected chi connectivity index (χ4v) is 2.62. The number of nitrogens with zero attached hydrogens (tertiary/aromatic N) is 1. The highest BCUT2D eigenvalue weighted by Crippen LogP contribution is 2.24. The van der Waals surface area contributed by atoms with E-state index in [0.29, 0.717) is 6.04 Å². The molecule has 1 saturated heterocycles.